The van der Waals surface area contributed by atoms with Crippen molar-refractivity contribution in [1.82, 2.24) is 5.32 Å². The van der Waals surface area contributed by atoms with Crippen molar-refractivity contribution in [3.63, 3.8) is 0 Å². The summed E-state index contributed by atoms with van der Waals surface area (Å²) >= 11 is 0. The van der Waals surface area contributed by atoms with Crippen molar-refractivity contribution >= 4 is 0 Å². The first kappa shape index (κ1) is 47.6. The largest absolute Gasteiger partial charge is 0.403 e. The minimum absolute atomic E-state index is 0.130. The number of halogens is 3. The van der Waals surface area contributed by atoms with Crippen molar-refractivity contribution in [2.45, 2.75) is 223 Å². The zero-order chi connectivity index (χ0) is 38.0. The number of unbranched alkanes of at least 4 members (excludes halogenated alkanes) is 19. The molecule has 0 aromatic heterocycles. The highest BCUT2D eigenvalue weighted by molar-refractivity contribution is 4.90. The molecule has 2 aliphatic rings. The van der Waals surface area contributed by atoms with E-state index < -0.39 is 68.3 Å². The Morgan fingerprint density at radius 2 is 1.23 bits per heavy atom. The van der Waals surface area contributed by atoms with E-state index in [9.17, 15) is 38.7 Å². The zero-order valence-corrected chi connectivity index (χ0v) is 32.3. The summed E-state index contributed by atoms with van der Waals surface area (Å²) in [5.74, 6) is 0.703. The Bertz CT molecular complexity index is 835. The molecule has 0 spiro atoms. The van der Waals surface area contributed by atoms with Crippen molar-refractivity contribution in [3.05, 3.63) is 0 Å². The summed E-state index contributed by atoms with van der Waals surface area (Å²) in [6.45, 7) is 2.91. The van der Waals surface area contributed by atoms with Gasteiger partial charge in [-0.2, -0.15) is 13.2 Å². The number of nitrogens with one attached hydrogen (secondary N) is 1. The van der Waals surface area contributed by atoms with Gasteiger partial charge < -0.3 is 39.7 Å². The van der Waals surface area contributed by atoms with Crippen LogP contribution in [-0.2, 0) is 14.2 Å². The second kappa shape index (κ2) is 28.8. The highest BCUT2D eigenvalue weighted by Crippen LogP contribution is 2.28. The smallest absolute Gasteiger partial charge is 0.394 e. The summed E-state index contributed by atoms with van der Waals surface area (Å²) in [5, 5.41) is 53.9. The number of aliphatic hydroxyl groups is 5. The van der Waals surface area contributed by atoms with Crippen molar-refractivity contribution < 1.29 is 52.9 Å². The van der Waals surface area contributed by atoms with Crippen LogP contribution < -0.4 is 5.32 Å². The molecule has 0 saturated carbocycles. The molecule has 12 heteroatoms. The lowest BCUT2D eigenvalue weighted by atomic mass is 9.98. The second-order valence-electron chi connectivity index (χ2n) is 15.6. The molecule has 2 saturated heterocycles. The molecule has 2 rings (SSSR count). The topological polar surface area (TPSA) is 141 Å². The molecule has 7 unspecified atom stereocenters. The van der Waals surface area contributed by atoms with Crippen LogP contribution in [0, 0.1) is 5.92 Å². The van der Waals surface area contributed by atoms with Crippen LogP contribution in [0.1, 0.15) is 167 Å². The number of hydrogen-bond donors (Lipinski definition) is 6. The van der Waals surface area contributed by atoms with E-state index in [1.165, 1.54) is 77.0 Å². The van der Waals surface area contributed by atoms with E-state index >= 15 is 0 Å². The highest BCUT2D eigenvalue weighted by atomic mass is 19.4. The lowest BCUT2D eigenvalue weighted by Gasteiger charge is -2.40. The summed E-state index contributed by atoms with van der Waals surface area (Å²) in [6.07, 6.45) is 11.9. The lowest BCUT2D eigenvalue weighted by molar-refractivity contribution is -0.303. The van der Waals surface area contributed by atoms with E-state index in [-0.39, 0.29) is 12.8 Å². The van der Waals surface area contributed by atoms with E-state index in [1.807, 2.05) is 0 Å². The minimum Gasteiger partial charge on any atom is -0.394 e. The molecule has 0 radical (unpaired) electrons. The zero-order valence-electron chi connectivity index (χ0n) is 32.3. The van der Waals surface area contributed by atoms with E-state index in [0.717, 1.165) is 64.6 Å². The maximum Gasteiger partial charge on any atom is 0.403 e. The van der Waals surface area contributed by atoms with Crippen LogP contribution in [0.4, 0.5) is 13.2 Å². The molecule has 0 bridgehead atoms. The Hall–Kier alpha value is -0.570. The Morgan fingerprint density at radius 1 is 0.712 bits per heavy atom. The van der Waals surface area contributed by atoms with E-state index in [4.69, 9.17) is 14.2 Å². The standard InChI is InChI=1S/C40H76F3NO8/c1-2-3-4-5-6-7-8-9-10-11-15-18-21-24-33(46)32(30-51-39-38(49)37(48)36(47)34(28-45)52-39)44-35(40(41,42)43)25-22-19-16-13-12-14-17-20-23-31-26-27-50-29-31/h31-39,44-49H,2-30H2,1H3/t31?,32-,33+,34?,35?,36?,37?,38?,39?/m0/s1. The van der Waals surface area contributed by atoms with Crippen LogP contribution in [0.3, 0.4) is 0 Å². The number of aliphatic hydroxyl groups excluding tert-OH is 5. The number of alkyl halides is 3. The van der Waals surface area contributed by atoms with Gasteiger partial charge in [0, 0.05) is 13.2 Å². The van der Waals surface area contributed by atoms with E-state index in [2.05, 4.69) is 12.2 Å². The number of ether oxygens (including phenoxy) is 3. The van der Waals surface area contributed by atoms with E-state index in [1.54, 1.807) is 0 Å². The van der Waals surface area contributed by atoms with Gasteiger partial charge >= 0.3 is 6.18 Å². The molecule has 52 heavy (non-hydrogen) atoms. The molecule has 0 aromatic rings. The molecule has 9 nitrogen and oxygen atoms in total. The third-order valence-corrected chi connectivity index (χ3v) is 11.0. The molecule has 0 aliphatic carbocycles. The maximum absolute atomic E-state index is 14.3. The fourth-order valence-electron chi connectivity index (χ4n) is 7.50. The molecule has 2 aliphatic heterocycles. The second-order valence-corrected chi connectivity index (χ2v) is 15.6. The summed E-state index contributed by atoms with van der Waals surface area (Å²) in [4.78, 5) is 0. The maximum atomic E-state index is 14.3. The third-order valence-electron chi connectivity index (χ3n) is 11.0. The average Bonchev–Trinajstić information content (AvgIpc) is 3.64. The van der Waals surface area contributed by atoms with Gasteiger partial charge in [0.15, 0.2) is 6.29 Å². The predicted molar refractivity (Wildman–Crippen MR) is 198 cm³/mol. The molecule has 2 heterocycles. The van der Waals surface area contributed by atoms with Crippen LogP contribution in [0.2, 0.25) is 0 Å². The average molecular weight is 756 g/mol. The van der Waals surface area contributed by atoms with Gasteiger partial charge in [0.1, 0.15) is 30.5 Å². The van der Waals surface area contributed by atoms with Gasteiger partial charge in [0.2, 0.25) is 0 Å². The summed E-state index contributed by atoms with van der Waals surface area (Å²) in [6, 6.07) is -2.97. The Morgan fingerprint density at radius 3 is 1.73 bits per heavy atom. The fraction of sp³-hybridized carbons (Fsp3) is 1.00. The third kappa shape index (κ3) is 20.4. The Balaban J connectivity index is 1.79. The van der Waals surface area contributed by atoms with Gasteiger partial charge in [-0.15, -0.1) is 0 Å². The quantitative estimate of drug-likeness (QED) is 0.0386. The molecule has 6 N–H and O–H groups in total. The van der Waals surface area contributed by atoms with Crippen LogP contribution in [0.25, 0.3) is 0 Å². The van der Waals surface area contributed by atoms with Crippen LogP contribution in [0.5, 0.6) is 0 Å². The minimum atomic E-state index is -4.54. The lowest BCUT2D eigenvalue weighted by Crippen LogP contribution is -2.60. The number of hydrogen-bond acceptors (Lipinski definition) is 9. The van der Waals surface area contributed by atoms with Gasteiger partial charge in [-0.1, -0.05) is 142 Å². The van der Waals surface area contributed by atoms with Crippen molar-refractivity contribution in [3.8, 4) is 0 Å². The highest BCUT2D eigenvalue weighted by Gasteiger charge is 2.45. The first-order chi connectivity index (χ1) is 25.1. The molecular formula is C40H76F3NO8. The van der Waals surface area contributed by atoms with Crippen molar-refractivity contribution in [1.29, 1.82) is 0 Å². The Labute approximate surface area is 312 Å². The normalized spacial score (nSPS) is 25.8. The van der Waals surface area contributed by atoms with Crippen LogP contribution in [0.15, 0.2) is 0 Å². The first-order valence-corrected chi connectivity index (χ1v) is 21.1. The van der Waals surface area contributed by atoms with Gasteiger partial charge in [-0.3, -0.25) is 5.32 Å². The summed E-state index contributed by atoms with van der Waals surface area (Å²) < 4.78 is 59.3. The van der Waals surface area contributed by atoms with Gasteiger partial charge in [0.05, 0.1) is 25.4 Å². The monoisotopic (exact) mass is 756 g/mol. The number of rotatable bonds is 32. The summed E-state index contributed by atoms with van der Waals surface area (Å²) in [5.41, 5.74) is 0. The summed E-state index contributed by atoms with van der Waals surface area (Å²) in [7, 11) is 0. The van der Waals surface area contributed by atoms with Crippen molar-refractivity contribution in [2.75, 3.05) is 26.4 Å². The predicted octanol–water partition coefficient (Wildman–Crippen LogP) is 7.47. The fourth-order valence-corrected chi connectivity index (χ4v) is 7.50. The van der Waals surface area contributed by atoms with Gasteiger partial charge in [-0.05, 0) is 31.6 Å². The SMILES string of the molecule is CCCCCCCCCCCCCCC[C@@H](O)[C@H](COC1OC(CO)C(O)C(O)C1O)NC(CCCCCCCCCCC1CCOC1)C(F)(F)F. The molecule has 0 amide bonds. The first-order valence-electron chi connectivity index (χ1n) is 21.1. The molecule has 9 atom stereocenters. The van der Waals surface area contributed by atoms with Crippen LogP contribution >= 0.6 is 0 Å². The van der Waals surface area contributed by atoms with Crippen molar-refractivity contribution in [2.24, 2.45) is 5.92 Å². The molecule has 0 aromatic carbocycles. The van der Waals surface area contributed by atoms with Crippen LogP contribution in [-0.4, -0.2) is 107 Å². The van der Waals surface area contributed by atoms with Gasteiger partial charge in [0.25, 0.3) is 0 Å². The molecular weight excluding hydrogens is 679 g/mol. The molecule has 2 fully saturated rings. The van der Waals surface area contributed by atoms with Gasteiger partial charge in [-0.25, -0.2) is 0 Å². The molecule has 310 valence electrons. The Kier molecular flexibility index (Phi) is 26.3. The van der Waals surface area contributed by atoms with E-state index in [0.29, 0.717) is 25.2 Å².